The third kappa shape index (κ3) is 2.64. The van der Waals surface area contributed by atoms with Gasteiger partial charge in [-0.25, -0.2) is 17.6 Å². The summed E-state index contributed by atoms with van der Waals surface area (Å²) >= 11 is 0. The van der Waals surface area contributed by atoms with Crippen molar-refractivity contribution >= 4 is 5.91 Å². The Morgan fingerprint density at radius 3 is 2.04 bits per heavy atom. The van der Waals surface area contributed by atoms with Gasteiger partial charge in [0.2, 0.25) is 0 Å². The normalized spacial score (nSPS) is 34.2. The summed E-state index contributed by atoms with van der Waals surface area (Å²) in [6, 6.07) is 0.208. The zero-order valence-electron chi connectivity index (χ0n) is 14.0. The van der Waals surface area contributed by atoms with Crippen LogP contribution in [0.3, 0.4) is 0 Å². The SMILES string of the molecule is CC(NC(=O)c1cc(F)c(F)c(F)c1F)C12CC3CC(CC(C3)C1)C2. The van der Waals surface area contributed by atoms with Crippen molar-refractivity contribution in [2.24, 2.45) is 23.2 Å². The van der Waals surface area contributed by atoms with Crippen LogP contribution in [0.4, 0.5) is 17.6 Å². The van der Waals surface area contributed by atoms with Gasteiger partial charge in [0.05, 0.1) is 5.56 Å². The van der Waals surface area contributed by atoms with Crippen LogP contribution in [0.2, 0.25) is 0 Å². The molecule has 0 heterocycles. The number of amides is 1. The Morgan fingerprint density at radius 2 is 1.52 bits per heavy atom. The van der Waals surface area contributed by atoms with Gasteiger partial charge in [0.1, 0.15) is 0 Å². The van der Waals surface area contributed by atoms with E-state index in [1.807, 2.05) is 6.92 Å². The molecule has 4 aliphatic carbocycles. The average molecular weight is 355 g/mol. The zero-order chi connectivity index (χ0) is 17.9. The van der Waals surface area contributed by atoms with Crippen LogP contribution in [0, 0.1) is 46.4 Å². The molecule has 0 aliphatic heterocycles. The molecule has 1 N–H and O–H groups in total. The first-order valence-corrected chi connectivity index (χ1v) is 8.93. The Balaban J connectivity index is 1.55. The highest BCUT2D eigenvalue weighted by molar-refractivity contribution is 5.94. The van der Waals surface area contributed by atoms with Gasteiger partial charge in [-0.1, -0.05) is 0 Å². The Labute approximate surface area is 144 Å². The molecule has 136 valence electrons. The fraction of sp³-hybridized carbons (Fsp3) is 0.632. The quantitative estimate of drug-likeness (QED) is 0.480. The minimum Gasteiger partial charge on any atom is -0.349 e. The number of hydrogen-bond donors (Lipinski definition) is 1. The number of halogens is 4. The molecule has 0 radical (unpaired) electrons. The van der Waals surface area contributed by atoms with E-state index in [9.17, 15) is 22.4 Å². The molecule has 0 spiro atoms. The van der Waals surface area contributed by atoms with Crippen LogP contribution in [0.25, 0.3) is 0 Å². The summed E-state index contributed by atoms with van der Waals surface area (Å²) in [4.78, 5) is 12.4. The van der Waals surface area contributed by atoms with Crippen molar-refractivity contribution in [3.63, 3.8) is 0 Å². The Morgan fingerprint density at radius 1 is 1.00 bits per heavy atom. The van der Waals surface area contributed by atoms with E-state index < -0.39 is 34.7 Å². The summed E-state index contributed by atoms with van der Waals surface area (Å²) in [5.41, 5.74) is -0.800. The van der Waals surface area contributed by atoms with E-state index in [2.05, 4.69) is 5.32 Å². The molecule has 4 aliphatic rings. The number of rotatable bonds is 3. The predicted molar refractivity (Wildman–Crippen MR) is 83.8 cm³/mol. The molecule has 1 amide bonds. The summed E-state index contributed by atoms with van der Waals surface area (Å²) in [6.07, 6.45) is 6.87. The van der Waals surface area contributed by atoms with Gasteiger partial charge in [-0.15, -0.1) is 0 Å². The highest BCUT2D eigenvalue weighted by Crippen LogP contribution is 2.61. The molecule has 1 aromatic carbocycles. The molecule has 6 heteroatoms. The first kappa shape index (κ1) is 16.9. The second-order valence-electron chi connectivity index (χ2n) is 8.32. The van der Waals surface area contributed by atoms with E-state index in [1.165, 1.54) is 19.3 Å². The molecule has 4 fully saturated rings. The minimum absolute atomic E-state index is 0.0159. The second-order valence-corrected chi connectivity index (χ2v) is 8.32. The van der Waals surface area contributed by atoms with Crippen molar-refractivity contribution in [3.8, 4) is 0 Å². The van der Waals surface area contributed by atoms with Crippen LogP contribution in [-0.4, -0.2) is 11.9 Å². The van der Waals surface area contributed by atoms with Crippen LogP contribution >= 0.6 is 0 Å². The number of carbonyl (C=O) groups excluding carboxylic acids is 1. The van der Waals surface area contributed by atoms with E-state index in [4.69, 9.17) is 0 Å². The van der Waals surface area contributed by atoms with Crippen LogP contribution in [-0.2, 0) is 0 Å². The van der Waals surface area contributed by atoms with Crippen molar-refractivity contribution in [2.45, 2.75) is 51.5 Å². The van der Waals surface area contributed by atoms with Gasteiger partial charge < -0.3 is 5.32 Å². The summed E-state index contributed by atoms with van der Waals surface area (Å²) in [7, 11) is 0. The monoisotopic (exact) mass is 355 g/mol. The smallest absolute Gasteiger partial charge is 0.254 e. The Bertz CT molecular complexity index is 697. The van der Waals surface area contributed by atoms with E-state index in [-0.39, 0.29) is 11.5 Å². The highest BCUT2D eigenvalue weighted by atomic mass is 19.2. The predicted octanol–water partition coefficient (Wildman–Crippen LogP) is 4.58. The van der Waals surface area contributed by atoms with Gasteiger partial charge in [0.25, 0.3) is 5.91 Å². The summed E-state index contributed by atoms with van der Waals surface area (Å²) in [6.45, 7) is 1.89. The first-order valence-electron chi connectivity index (χ1n) is 8.93. The standard InChI is InChI=1S/C19H21F4NO/c1-9(19-6-10-2-11(7-19)4-12(3-10)8-19)24-18(25)13-5-14(20)16(22)17(23)15(13)21/h5,9-12H,2-4,6-8H2,1H3,(H,24,25). The average Bonchev–Trinajstić information content (AvgIpc) is 2.54. The molecule has 1 unspecified atom stereocenters. The fourth-order valence-corrected chi connectivity index (χ4v) is 5.87. The van der Waals surface area contributed by atoms with Gasteiger partial charge in [-0.05, 0) is 74.7 Å². The lowest BCUT2D eigenvalue weighted by atomic mass is 9.48. The van der Waals surface area contributed by atoms with Gasteiger partial charge in [-0.3, -0.25) is 4.79 Å². The van der Waals surface area contributed by atoms with E-state index in [0.717, 1.165) is 19.3 Å². The van der Waals surface area contributed by atoms with Crippen molar-refractivity contribution < 1.29 is 22.4 Å². The molecule has 0 aromatic heterocycles. The topological polar surface area (TPSA) is 29.1 Å². The van der Waals surface area contributed by atoms with Gasteiger partial charge in [0, 0.05) is 6.04 Å². The maximum atomic E-state index is 13.9. The zero-order valence-corrected chi connectivity index (χ0v) is 14.0. The van der Waals surface area contributed by atoms with Crippen LogP contribution in [0.5, 0.6) is 0 Å². The molecular weight excluding hydrogens is 334 g/mol. The molecule has 0 saturated heterocycles. The maximum Gasteiger partial charge on any atom is 0.254 e. The maximum absolute atomic E-state index is 13.9. The molecule has 4 saturated carbocycles. The van der Waals surface area contributed by atoms with Gasteiger partial charge >= 0.3 is 0 Å². The number of carbonyl (C=O) groups is 1. The number of benzene rings is 1. The van der Waals surface area contributed by atoms with Crippen molar-refractivity contribution in [2.75, 3.05) is 0 Å². The lowest BCUT2D eigenvalue weighted by molar-refractivity contribution is -0.0688. The third-order valence-electron chi connectivity index (χ3n) is 6.70. The van der Waals surface area contributed by atoms with E-state index >= 15 is 0 Å². The van der Waals surface area contributed by atoms with Crippen molar-refractivity contribution in [3.05, 3.63) is 34.9 Å². The van der Waals surface area contributed by atoms with E-state index in [0.29, 0.717) is 23.8 Å². The molecule has 4 bridgehead atoms. The Kier molecular flexibility index (Phi) is 3.85. The molecule has 5 rings (SSSR count). The van der Waals surface area contributed by atoms with E-state index in [1.54, 1.807) is 0 Å². The van der Waals surface area contributed by atoms with Crippen molar-refractivity contribution in [1.82, 2.24) is 5.32 Å². The summed E-state index contributed by atoms with van der Waals surface area (Å²) in [5, 5.41) is 2.73. The first-order chi connectivity index (χ1) is 11.8. The fourth-order valence-electron chi connectivity index (χ4n) is 5.87. The molecule has 1 atom stereocenters. The van der Waals surface area contributed by atoms with Gasteiger partial charge in [0.15, 0.2) is 23.3 Å². The summed E-state index contributed by atoms with van der Waals surface area (Å²) in [5.74, 6) is -5.90. The molecule has 2 nitrogen and oxygen atoms in total. The molecule has 25 heavy (non-hydrogen) atoms. The molecular formula is C19H21F4NO. The highest BCUT2D eigenvalue weighted by Gasteiger charge is 2.53. The lowest BCUT2D eigenvalue weighted by Crippen LogP contribution is -2.55. The third-order valence-corrected chi connectivity index (χ3v) is 6.70. The summed E-state index contributed by atoms with van der Waals surface area (Å²) < 4.78 is 53.7. The second kappa shape index (κ2) is 5.71. The lowest BCUT2D eigenvalue weighted by Gasteiger charge is -2.59. The van der Waals surface area contributed by atoms with Crippen molar-refractivity contribution in [1.29, 1.82) is 0 Å². The Hall–Kier alpha value is -1.59. The molecule has 1 aromatic rings. The minimum atomic E-state index is -1.95. The van der Waals surface area contributed by atoms with Crippen LogP contribution in [0.1, 0.15) is 55.8 Å². The number of hydrogen-bond acceptors (Lipinski definition) is 1. The van der Waals surface area contributed by atoms with Gasteiger partial charge in [-0.2, -0.15) is 0 Å². The largest absolute Gasteiger partial charge is 0.349 e. The van der Waals surface area contributed by atoms with Crippen LogP contribution in [0.15, 0.2) is 6.07 Å². The number of nitrogens with one attached hydrogen (secondary N) is 1. The van der Waals surface area contributed by atoms with Crippen LogP contribution < -0.4 is 5.32 Å².